The lowest BCUT2D eigenvalue weighted by atomic mass is 10.1. The van der Waals surface area contributed by atoms with Gasteiger partial charge < -0.3 is 25.0 Å². The van der Waals surface area contributed by atoms with Crippen LogP contribution < -0.4 is 15.4 Å². The summed E-state index contributed by atoms with van der Waals surface area (Å²) in [5.74, 6) is 0.484. The fourth-order valence-electron chi connectivity index (χ4n) is 3.15. The Morgan fingerprint density at radius 1 is 1.24 bits per heavy atom. The van der Waals surface area contributed by atoms with E-state index in [-0.39, 0.29) is 37.2 Å². The Morgan fingerprint density at radius 3 is 2.79 bits per heavy atom. The van der Waals surface area contributed by atoms with Gasteiger partial charge in [0.25, 0.3) is 5.91 Å². The minimum Gasteiger partial charge on any atom is -0.497 e. The van der Waals surface area contributed by atoms with Gasteiger partial charge in [-0.15, -0.1) is 0 Å². The van der Waals surface area contributed by atoms with Crippen molar-refractivity contribution in [2.45, 2.75) is 19.1 Å². The maximum Gasteiger partial charge on any atom is 0.252 e. The normalized spacial score (nSPS) is 17.7. The third kappa shape index (κ3) is 5.79. The lowest BCUT2D eigenvalue weighted by Gasteiger charge is -2.33. The van der Waals surface area contributed by atoms with Crippen molar-refractivity contribution in [1.82, 2.24) is 15.5 Å². The number of carbonyl (C=O) groups excluding carboxylic acids is 2. The third-order valence-electron chi connectivity index (χ3n) is 4.93. The summed E-state index contributed by atoms with van der Waals surface area (Å²) in [6.07, 6.45) is -0.144. The number of benzene rings is 2. The summed E-state index contributed by atoms with van der Waals surface area (Å²) in [6.45, 7) is 3.26. The maximum absolute atomic E-state index is 12.2. The number of carbonyl (C=O) groups is 2. The van der Waals surface area contributed by atoms with Gasteiger partial charge in [0.15, 0.2) is 0 Å². The van der Waals surface area contributed by atoms with Crippen molar-refractivity contribution in [2.24, 2.45) is 0 Å². The van der Waals surface area contributed by atoms with Crippen LogP contribution in [0.4, 0.5) is 0 Å². The Morgan fingerprint density at radius 2 is 2.03 bits per heavy atom. The molecule has 0 aromatic heterocycles. The second-order valence-electron chi connectivity index (χ2n) is 6.99. The minimum absolute atomic E-state index is 0.0150. The summed E-state index contributed by atoms with van der Waals surface area (Å²) in [4.78, 5) is 25.9. The number of amides is 2. The Bertz CT molecular complexity index is 828. The van der Waals surface area contributed by atoms with Crippen molar-refractivity contribution < 1.29 is 19.1 Å². The van der Waals surface area contributed by atoms with Crippen LogP contribution in [0.2, 0.25) is 0 Å². The van der Waals surface area contributed by atoms with Gasteiger partial charge in [-0.2, -0.15) is 0 Å². The predicted octanol–water partition coefficient (Wildman–Crippen LogP) is 1.96. The number of rotatable bonds is 8. The van der Waals surface area contributed by atoms with Crippen molar-refractivity contribution in [3.05, 3.63) is 65.7 Å². The van der Waals surface area contributed by atoms with Crippen molar-refractivity contribution in [2.75, 3.05) is 33.5 Å². The molecular formula is C22H27N3O4. The summed E-state index contributed by atoms with van der Waals surface area (Å²) >= 11 is 0. The Kier molecular flexibility index (Phi) is 7.21. The molecule has 1 unspecified atom stereocenters. The molecule has 7 nitrogen and oxygen atoms in total. The molecule has 2 atom stereocenters. The largest absolute Gasteiger partial charge is 0.497 e. The van der Waals surface area contributed by atoms with Crippen molar-refractivity contribution in [3.63, 3.8) is 0 Å². The van der Waals surface area contributed by atoms with Crippen molar-refractivity contribution in [3.8, 4) is 5.75 Å². The number of methoxy groups -OCH3 is 1. The highest BCUT2D eigenvalue weighted by atomic mass is 16.5. The van der Waals surface area contributed by atoms with Crippen LogP contribution in [0.3, 0.4) is 0 Å². The fraction of sp³-hybridized carbons (Fsp3) is 0.364. The molecule has 2 amide bonds. The zero-order chi connectivity index (χ0) is 20.6. The van der Waals surface area contributed by atoms with Crippen LogP contribution in [0.5, 0.6) is 5.75 Å². The molecule has 1 fully saturated rings. The Hall–Kier alpha value is -2.90. The predicted molar refractivity (Wildman–Crippen MR) is 110 cm³/mol. The standard InChI is InChI=1S/C22H27N3O4/c1-16(18-9-6-10-19(11-18)28-2)23-12-20-13-25(21(26)14-29-20)15-24-22(27)17-7-4-3-5-8-17/h3-11,16,20,23H,12-15H2,1-2H3,(H,24,27)/t16-,20?/m1/s1. The highest BCUT2D eigenvalue weighted by Gasteiger charge is 2.26. The smallest absolute Gasteiger partial charge is 0.252 e. The first-order valence-electron chi connectivity index (χ1n) is 9.66. The lowest BCUT2D eigenvalue weighted by molar-refractivity contribution is -0.148. The third-order valence-corrected chi connectivity index (χ3v) is 4.93. The summed E-state index contributed by atoms with van der Waals surface area (Å²) < 4.78 is 10.9. The maximum atomic E-state index is 12.2. The van der Waals surface area contributed by atoms with Gasteiger partial charge in [0.1, 0.15) is 12.4 Å². The van der Waals surface area contributed by atoms with E-state index in [0.29, 0.717) is 18.7 Å². The van der Waals surface area contributed by atoms with E-state index in [9.17, 15) is 9.59 Å². The van der Waals surface area contributed by atoms with E-state index >= 15 is 0 Å². The molecule has 1 aliphatic heterocycles. The van der Waals surface area contributed by atoms with Crippen LogP contribution in [0.1, 0.15) is 28.9 Å². The molecule has 0 radical (unpaired) electrons. The van der Waals surface area contributed by atoms with Crippen LogP contribution in [-0.2, 0) is 9.53 Å². The van der Waals surface area contributed by atoms with E-state index in [4.69, 9.17) is 9.47 Å². The SMILES string of the molecule is COc1cccc([C@@H](C)NCC2CN(CNC(=O)c3ccccc3)C(=O)CO2)c1. The fourth-order valence-corrected chi connectivity index (χ4v) is 3.15. The van der Waals surface area contributed by atoms with E-state index in [1.807, 2.05) is 30.3 Å². The first kappa shape index (κ1) is 20.8. The average molecular weight is 397 g/mol. The molecule has 2 aromatic rings. The number of hydrogen-bond acceptors (Lipinski definition) is 5. The highest BCUT2D eigenvalue weighted by Crippen LogP contribution is 2.19. The Labute approximate surface area is 171 Å². The number of morpholine rings is 1. The average Bonchev–Trinajstić information content (AvgIpc) is 2.77. The number of nitrogens with zero attached hydrogens (tertiary/aromatic N) is 1. The molecule has 29 heavy (non-hydrogen) atoms. The molecule has 154 valence electrons. The molecule has 1 saturated heterocycles. The van der Waals surface area contributed by atoms with Crippen molar-refractivity contribution >= 4 is 11.8 Å². The molecule has 0 aliphatic carbocycles. The first-order valence-corrected chi connectivity index (χ1v) is 9.66. The monoisotopic (exact) mass is 397 g/mol. The molecular weight excluding hydrogens is 370 g/mol. The first-order chi connectivity index (χ1) is 14.1. The van der Waals surface area contributed by atoms with E-state index < -0.39 is 0 Å². The van der Waals surface area contributed by atoms with E-state index in [1.165, 1.54) is 0 Å². The van der Waals surface area contributed by atoms with Crippen molar-refractivity contribution in [1.29, 1.82) is 0 Å². The molecule has 1 heterocycles. The molecule has 0 saturated carbocycles. The van der Waals surface area contributed by atoms with Gasteiger partial charge in [0, 0.05) is 24.7 Å². The minimum atomic E-state index is -0.203. The zero-order valence-electron chi connectivity index (χ0n) is 16.8. The topological polar surface area (TPSA) is 79.9 Å². The van der Waals surface area contributed by atoms with Gasteiger partial charge in [-0.3, -0.25) is 9.59 Å². The van der Waals surface area contributed by atoms with E-state index in [0.717, 1.165) is 11.3 Å². The van der Waals surface area contributed by atoms with E-state index in [1.54, 1.807) is 36.3 Å². The summed E-state index contributed by atoms with van der Waals surface area (Å²) in [6, 6.07) is 17.0. The van der Waals surface area contributed by atoms with Crippen LogP contribution in [0.15, 0.2) is 54.6 Å². The van der Waals surface area contributed by atoms with Gasteiger partial charge in [0.2, 0.25) is 5.91 Å². The van der Waals surface area contributed by atoms with Crippen LogP contribution in [0.25, 0.3) is 0 Å². The van der Waals surface area contributed by atoms with E-state index in [2.05, 4.69) is 17.6 Å². The van der Waals surface area contributed by atoms with Gasteiger partial charge in [-0.25, -0.2) is 0 Å². The number of nitrogens with one attached hydrogen (secondary N) is 2. The summed E-state index contributed by atoms with van der Waals surface area (Å²) in [7, 11) is 1.65. The van der Waals surface area contributed by atoms with Crippen LogP contribution in [0, 0.1) is 0 Å². The molecule has 7 heteroatoms. The van der Waals surface area contributed by atoms with Gasteiger partial charge >= 0.3 is 0 Å². The Balaban J connectivity index is 1.48. The zero-order valence-corrected chi connectivity index (χ0v) is 16.8. The summed E-state index contributed by atoms with van der Waals surface area (Å²) in [5, 5.41) is 6.24. The van der Waals surface area contributed by atoms with Gasteiger partial charge in [-0.1, -0.05) is 30.3 Å². The van der Waals surface area contributed by atoms with Crippen LogP contribution in [-0.4, -0.2) is 56.3 Å². The molecule has 2 N–H and O–H groups in total. The number of ether oxygens (including phenoxy) is 2. The molecule has 1 aliphatic rings. The van der Waals surface area contributed by atoms with Gasteiger partial charge in [-0.05, 0) is 36.8 Å². The second-order valence-corrected chi connectivity index (χ2v) is 6.99. The lowest BCUT2D eigenvalue weighted by Crippen LogP contribution is -2.53. The molecule has 3 rings (SSSR count). The highest BCUT2D eigenvalue weighted by molar-refractivity contribution is 5.94. The van der Waals surface area contributed by atoms with Gasteiger partial charge in [0.05, 0.1) is 19.9 Å². The van der Waals surface area contributed by atoms with Crippen LogP contribution >= 0.6 is 0 Å². The molecule has 0 spiro atoms. The second kappa shape index (κ2) is 10.0. The quantitative estimate of drug-likeness (QED) is 0.712. The molecule has 0 bridgehead atoms. The number of hydrogen-bond donors (Lipinski definition) is 2. The molecule has 2 aromatic carbocycles. The summed E-state index contributed by atoms with van der Waals surface area (Å²) in [5.41, 5.74) is 1.68.